The molecule has 1 atom stereocenters. The highest BCUT2D eigenvalue weighted by molar-refractivity contribution is 5.80. The highest BCUT2D eigenvalue weighted by Crippen LogP contribution is 2.39. The lowest BCUT2D eigenvalue weighted by Gasteiger charge is -2.34. The van der Waals surface area contributed by atoms with Crippen molar-refractivity contribution in [2.75, 3.05) is 98.4 Å². The van der Waals surface area contributed by atoms with Gasteiger partial charge in [0, 0.05) is 57.9 Å². The Morgan fingerprint density at radius 2 is 1.18 bits per heavy atom. The van der Waals surface area contributed by atoms with E-state index in [1.54, 1.807) is 26.8 Å². The average Bonchev–Trinajstić information content (AvgIpc) is 3.47. The van der Waals surface area contributed by atoms with Gasteiger partial charge in [0.2, 0.25) is 5.91 Å². The molecular formula is C66H97F3N6O10. The summed E-state index contributed by atoms with van der Waals surface area (Å²) in [5.41, 5.74) is 1.10. The third kappa shape index (κ3) is 25.9. The van der Waals surface area contributed by atoms with Crippen LogP contribution >= 0.6 is 0 Å². The number of alkyl halides is 3. The second-order valence-electron chi connectivity index (χ2n) is 25.9. The lowest BCUT2D eigenvalue weighted by atomic mass is 9.95. The number of hydrogen-bond donors (Lipinski definition) is 1. The highest BCUT2D eigenvalue weighted by Gasteiger charge is 2.36. The van der Waals surface area contributed by atoms with E-state index in [1.807, 2.05) is 135 Å². The number of ether oxygens (including phenoxy) is 5. The Hall–Kier alpha value is -5.86. The number of rotatable bonds is 24. The van der Waals surface area contributed by atoms with Gasteiger partial charge in [0.05, 0.1) is 51.6 Å². The van der Waals surface area contributed by atoms with E-state index in [9.17, 15) is 24.0 Å². The molecule has 5 rings (SSSR count). The summed E-state index contributed by atoms with van der Waals surface area (Å²) in [6.07, 6.45) is 3.37. The lowest BCUT2D eigenvalue weighted by molar-refractivity contribution is -0.158. The summed E-state index contributed by atoms with van der Waals surface area (Å²) >= 11 is 0. The molecule has 0 saturated carbocycles. The molecule has 2 aliphatic rings. The van der Waals surface area contributed by atoms with Crippen LogP contribution in [0.1, 0.15) is 149 Å². The smallest absolute Gasteiger partial charge is 0.417 e. The van der Waals surface area contributed by atoms with Gasteiger partial charge in [-0.25, -0.2) is 0 Å². The van der Waals surface area contributed by atoms with Gasteiger partial charge in [-0.2, -0.15) is 13.2 Å². The summed E-state index contributed by atoms with van der Waals surface area (Å²) in [6.45, 7) is 26.1. The number of hydrogen-bond acceptors (Lipinski definition) is 15. The summed E-state index contributed by atoms with van der Waals surface area (Å²) in [4.78, 5) is 76.3. The Morgan fingerprint density at radius 3 is 1.74 bits per heavy atom. The van der Waals surface area contributed by atoms with Crippen LogP contribution in [0.5, 0.6) is 5.75 Å². The minimum absolute atomic E-state index is 0.000702. The molecule has 2 aliphatic heterocycles. The van der Waals surface area contributed by atoms with Crippen LogP contribution < -0.4 is 10.1 Å². The van der Waals surface area contributed by atoms with E-state index in [1.165, 1.54) is 18.2 Å². The Morgan fingerprint density at radius 1 is 0.635 bits per heavy atom. The van der Waals surface area contributed by atoms with E-state index in [-0.39, 0.29) is 76.0 Å². The molecule has 3 aromatic carbocycles. The molecule has 19 heteroatoms. The van der Waals surface area contributed by atoms with E-state index >= 15 is 13.2 Å². The van der Waals surface area contributed by atoms with Crippen molar-refractivity contribution >= 4 is 41.9 Å². The second-order valence-corrected chi connectivity index (χ2v) is 25.9. The molecule has 1 N–H and O–H groups in total. The van der Waals surface area contributed by atoms with Crippen LogP contribution in [0.15, 0.2) is 60.7 Å². The number of carbonyl (C=O) groups is 5. The number of benzene rings is 3. The van der Waals surface area contributed by atoms with Gasteiger partial charge in [0.15, 0.2) is 0 Å². The van der Waals surface area contributed by atoms with Crippen molar-refractivity contribution in [3.05, 3.63) is 88.5 Å². The van der Waals surface area contributed by atoms with E-state index < -0.39 is 52.5 Å². The van der Waals surface area contributed by atoms with Crippen molar-refractivity contribution in [3.8, 4) is 16.9 Å². The molecule has 0 aromatic heterocycles. The standard InChI is InChI=1S/C66H97F3N6O10/c1-48(2)46-82-62(80)56-27-18-20-31-75(56)41-53-39-55(66(67,68)69)52(29-28-50-25-22-26-54(49(50)3)51-23-16-15-17-24-51)40-57(53)81-38-21-14-13-19-30-70-58(76)42-73-36-34-71(43-59(77)83-63(4,5)6)32-33-72(44-60(78)84-64(7,8)9)35-37-74(47-73)45-61(79)85-65(10,11)12/h15-17,22-26,28-29,39-40,48,56H,13-14,18-21,27,30-38,41-47H2,1-12H3,(H,70,76)/b29-28+/t56-/m0/s1. The summed E-state index contributed by atoms with van der Waals surface area (Å²) in [5, 5.41) is 3.05. The summed E-state index contributed by atoms with van der Waals surface area (Å²) in [5.74, 6) is -1.36. The van der Waals surface area contributed by atoms with E-state index in [0.717, 1.165) is 47.9 Å². The largest absolute Gasteiger partial charge is 0.493 e. The van der Waals surface area contributed by atoms with E-state index in [0.29, 0.717) is 82.9 Å². The third-order valence-electron chi connectivity index (χ3n) is 14.2. The topological polar surface area (TPSA) is 160 Å². The number of amides is 1. The minimum atomic E-state index is -4.69. The predicted molar refractivity (Wildman–Crippen MR) is 326 cm³/mol. The van der Waals surface area contributed by atoms with Gasteiger partial charge in [0.1, 0.15) is 28.6 Å². The molecule has 2 saturated heterocycles. The molecule has 16 nitrogen and oxygen atoms in total. The number of likely N-dealkylation sites (tertiary alicyclic amines) is 1. The zero-order chi connectivity index (χ0) is 62.5. The van der Waals surface area contributed by atoms with Crippen LogP contribution in [-0.2, 0) is 55.6 Å². The Kier molecular flexibility index (Phi) is 26.9. The van der Waals surface area contributed by atoms with Crippen LogP contribution in [0.2, 0.25) is 0 Å². The van der Waals surface area contributed by atoms with Crippen molar-refractivity contribution in [2.45, 2.75) is 164 Å². The van der Waals surface area contributed by atoms with Gasteiger partial charge >= 0.3 is 30.1 Å². The average molecular weight is 1190 g/mol. The molecule has 0 aliphatic carbocycles. The minimum Gasteiger partial charge on any atom is -0.493 e. The quantitative estimate of drug-likeness (QED) is 0.0390. The van der Waals surface area contributed by atoms with Crippen molar-refractivity contribution in [2.24, 2.45) is 5.92 Å². The fourth-order valence-electron chi connectivity index (χ4n) is 10.2. The number of halogens is 3. The molecule has 472 valence electrons. The molecule has 0 bridgehead atoms. The zero-order valence-corrected chi connectivity index (χ0v) is 52.8. The van der Waals surface area contributed by atoms with Gasteiger partial charge in [-0.15, -0.1) is 0 Å². The number of carbonyl (C=O) groups excluding carboxylic acids is 5. The molecule has 1 amide bonds. The molecule has 85 heavy (non-hydrogen) atoms. The van der Waals surface area contributed by atoms with Crippen molar-refractivity contribution < 1.29 is 60.8 Å². The molecule has 0 unspecified atom stereocenters. The maximum atomic E-state index is 15.1. The number of nitrogens with zero attached hydrogens (tertiary/aromatic N) is 5. The SMILES string of the molecule is Cc1c(/C=C/c2cc(OCCCCCCNC(=O)CN3CCN(CC(=O)OC(C)(C)C)CCN(CC(=O)OC(C)(C)C)CCN(CC(=O)OC(C)(C)C)C3)c(CN3CCCC[C@H]3C(=O)OCC(C)C)cc2C(F)(F)F)cccc1-c1ccccc1. The molecule has 2 heterocycles. The van der Waals surface area contributed by atoms with Crippen molar-refractivity contribution in [3.63, 3.8) is 0 Å². The first-order valence-corrected chi connectivity index (χ1v) is 30.3. The Balaban J connectivity index is 1.27. The Labute approximate surface area is 504 Å². The van der Waals surface area contributed by atoms with Crippen LogP contribution in [-0.4, -0.2) is 176 Å². The van der Waals surface area contributed by atoms with E-state index in [2.05, 4.69) is 5.32 Å². The first-order chi connectivity index (χ1) is 39.9. The van der Waals surface area contributed by atoms with Gasteiger partial charge in [-0.05, 0) is 147 Å². The molecular weight excluding hydrogens is 1090 g/mol. The lowest BCUT2D eigenvalue weighted by Crippen LogP contribution is -2.49. The van der Waals surface area contributed by atoms with Crippen molar-refractivity contribution in [1.82, 2.24) is 29.8 Å². The van der Waals surface area contributed by atoms with E-state index in [4.69, 9.17) is 23.7 Å². The predicted octanol–water partition coefficient (Wildman–Crippen LogP) is 10.7. The summed E-state index contributed by atoms with van der Waals surface area (Å²) < 4.78 is 74.6. The maximum Gasteiger partial charge on any atom is 0.417 e. The maximum absolute atomic E-state index is 15.1. The normalized spacial score (nSPS) is 17.1. The summed E-state index contributed by atoms with van der Waals surface area (Å²) in [7, 11) is 0. The highest BCUT2D eigenvalue weighted by atomic mass is 19.4. The van der Waals surface area contributed by atoms with Gasteiger partial charge < -0.3 is 29.0 Å². The number of unbranched alkanes of at least 4 members (excludes halogenated alkanes) is 3. The summed E-state index contributed by atoms with van der Waals surface area (Å²) in [6, 6.07) is 17.7. The van der Waals surface area contributed by atoms with Crippen molar-refractivity contribution in [1.29, 1.82) is 0 Å². The van der Waals surface area contributed by atoms with Crippen LogP contribution in [0, 0.1) is 12.8 Å². The van der Waals surface area contributed by atoms with Gasteiger partial charge in [-0.1, -0.05) is 93.8 Å². The van der Waals surface area contributed by atoms with Gasteiger partial charge in [0.25, 0.3) is 0 Å². The fraction of sp³-hybridized carbons (Fsp3) is 0.621. The number of nitrogens with one attached hydrogen (secondary N) is 1. The molecule has 3 aromatic rings. The third-order valence-corrected chi connectivity index (χ3v) is 14.2. The Bertz CT molecular complexity index is 2660. The first-order valence-electron chi connectivity index (χ1n) is 30.3. The second kappa shape index (κ2) is 32.8. The fourth-order valence-corrected chi connectivity index (χ4v) is 10.2. The van der Waals surface area contributed by atoms with Crippen LogP contribution in [0.25, 0.3) is 23.3 Å². The van der Waals surface area contributed by atoms with Crippen LogP contribution in [0.3, 0.4) is 0 Å². The number of esters is 4. The molecule has 0 radical (unpaired) electrons. The molecule has 0 spiro atoms. The molecule has 2 fully saturated rings. The van der Waals surface area contributed by atoms with Gasteiger partial charge in [-0.3, -0.25) is 48.5 Å². The number of piperidine rings is 1. The zero-order valence-electron chi connectivity index (χ0n) is 52.8. The van der Waals surface area contributed by atoms with Crippen LogP contribution in [0.4, 0.5) is 13.2 Å². The first kappa shape index (κ1) is 69.9. The monoisotopic (exact) mass is 1190 g/mol.